The van der Waals surface area contributed by atoms with Crippen LogP contribution in [-0.2, 0) is 4.79 Å². The lowest BCUT2D eigenvalue weighted by Crippen LogP contribution is -2.48. The normalized spacial score (nSPS) is 16.1. The van der Waals surface area contributed by atoms with Crippen LogP contribution in [0.5, 0.6) is 0 Å². The average Bonchev–Trinajstić information content (AvgIpc) is 2.42. The van der Waals surface area contributed by atoms with E-state index in [2.05, 4.69) is 26.6 Å². The van der Waals surface area contributed by atoms with E-state index in [4.69, 9.17) is 0 Å². The van der Waals surface area contributed by atoms with Gasteiger partial charge in [0.2, 0.25) is 5.91 Å². The van der Waals surface area contributed by atoms with Crippen LogP contribution in [0.2, 0.25) is 0 Å². The summed E-state index contributed by atoms with van der Waals surface area (Å²) < 4.78 is 0.595. The number of hydrogen-bond acceptors (Lipinski definition) is 3. The van der Waals surface area contributed by atoms with E-state index < -0.39 is 4.75 Å². The highest BCUT2D eigenvalue weighted by atomic mass is 79.9. The predicted octanol–water partition coefficient (Wildman–Crippen LogP) is 3.61. The molecule has 0 atom stereocenters. The predicted molar refractivity (Wildman–Crippen MR) is 95.4 cm³/mol. The van der Waals surface area contributed by atoms with Gasteiger partial charge in [-0.2, -0.15) is 0 Å². The molecule has 1 heterocycles. The number of halogens is 2. The van der Waals surface area contributed by atoms with Gasteiger partial charge in [0.05, 0.1) is 4.75 Å². The molecule has 6 heteroatoms. The van der Waals surface area contributed by atoms with Crippen LogP contribution in [0.25, 0.3) is 0 Å². The maximum Gasteiger partial charge on any atom is 0.236 e. The molecular formula is C15H22BrClN2OS. The molecule has 2 rings (SSSR count). The van der Waals surface area contributed by atoms with Crippen LogP contribution >= 0.6 is 40.1 Å². The molecule has 0 unspecified atom stereocenters. The number of rotatable bonds is 4. The molecule has 3 nitrogen and oxygen atoms in total. The lowest BCUT2D eigenvalue weighted by Gasteiger charge is -2.29. The van der Waals surface area contributed by atoms with Crippen LogP contribution in [-0.4, -0.2) is 29.8 Å². The van der Waals surface area contributed by atoms with Gasteiger partial charge in [-0.25, -0.2) is 0 Å². The number of carbonyl (C=O) groups excluding carboxylic acids is 1. The fraction of sp³-hybridized carbons (Fsp3) is 0.533. The standard InChI is InChI=1S/C15H21BrN2OS.ClH/c1-15(2,20-13-5-3-11(16)4-6-13)14(19)18-12-7-9-17-10-8-12;/h3-6,12,17H,7-10H2,1-2H3,(H,18,19);1H. The summed E-state index contributed by atoms with van der Waals surface area (Å²) in [5, 5.41) is 6.49. The molecule has 1 aliphatic heterocycles. The van der Waals surface area contributed by atoms with Gasteiger partial charge >= 0.3 is 0 Å². The third-order valence-corrected chi connectivity index (χ3v) is 5.14. The van der Waals surface area contributed by atoms with Gasteiger partial charge in [0.25, 0.3) is 0 Å². The summed E-state index contributed by atoms with van der Waals surface area (Å²) in [6.07, 6.45) is 2.04. The number of carbonyl (C=O) groups is 1. The second kappa shape index (κ2) is 8.42. The summed E-state index contributed by atoms with van der Waals surface area (Å²) in [4.78, 5) is 13.6. The highest BCUT2D eigenvalue weighted by Crippen LogP contribution is 2.33. The molecule has 21 heavy (non-hydrogen) atoms. The minimum atomic E-state index is -0.460. The third-order valence-electron chi connectivity index (χ3n) is 3.41. The second-order valence-corrected chi connectivity index (χ2v) is 8.18. The maximum absolute atomic E-state index is 12.4. The molecule has 1 fully saturated rings. The van der Waals surface area contributed by atoms with E-state index in [1.165, 1.54) is 0 Å². The van der Waals surface area contributed by atoms with Crippen molar-refractivity contribution in [1.29, 1.82) is 0 Å². The molecule has 0 radical (unpaired) electrons. The number of amides is 1. The van der Waals surface area contributed by atoms with E-state index in [1.807, 2.05) is 38.1 Å². The fourth-order valence-corrected chi connectivity index (χ4v) is 3.45. The first kappa shape index (κ1) is 18.8. The first-order valence-corrected chi connectivity index (χ1v) is 8.54. The molecule has 0 saturated carbocycles. The van der Waals surface area contributed by atoms with Gasteiger partial charge in [-0.15, -0.1) is 24.2 Å². The summed E-state index contributed by atoms with van der Waals surface area (Å²) in [7, 11) is 0. The van der Waals surface area contributed by atoms with E-state index in [0.29, 0.717) is 6.04 Å². The topological polar surface area (TPSA) is 41.1 Å². The highest BCUT2D eigenvalue weighted by Gasteiger charge is 2.30. The van der Waals surface area contributed by atoms with Crippen molar-refractivity contribution in [1.82, 2.24) is 10.6 Å². The fourth-order valence-electron chi connectivity index (χ4n) is 2.17. The number of benzene rings is 1. The monoisotopic (exact) mass is 392 g/mol. The van der Waals surface area contributed by atoms with Gasteiger partial charge in [-0.05, 0) is 64.0 Å². The molecule has 2 N–H and O–H groups in total. The Morgan fingerprint density at radius 1 is 1.29 bits per heavy atom. The minimum Gasteiger partial charge on any atom is -0.352 e. The molecule has 0 bridgehead atoms. The van der Waals surface area contributed by atoms with E-state index in [1.54, 1.807) is 11.8 Å². The van der Waals surface area contributed by atoms with Crippen molar-refractivity contribution in [2.75, 3.05) is 13.1 Å². The molecule has 1 aromatic rings. The maximum atomic E-state index is 12.4. The van der Waals surface area contributed by atoms with Crippen LogP contribution < -0.4 is 10.6 Å². The van der Waals surface area contributed by atoms with Crippen molar-refractivity contribution in [3.05, 3.63) is 28.7 Å². The quantitative estimate of drug-likeness (QED) is 0.768. The Bertz CT molecular complexity index is 461. The molecule has 0 aromatic heterocycles. The van der Waals surface area contributed by atoms with Crippen molar-refractivity contribution in [2.45, 2.75) is 42.4 Å². The van der Waals surface area contributed by atoms with Crippen LogP contribution in [0, 0.1) is 0 Å². The van der Waals surface area contributed by atoms with E-state index in [-0.39, 0.29) is 18.3 Å². The average molecular weight is 394 g/mol. The Morgan fingerprint density at radius 2 is 1.86 bits per heavy atom. The summed E-state index contributed by atoms with van der Waals surface area (Å²) in [5.41, 5.74) is 0. The Morgan fingerprint density at radius 3 is 2.43 bits per heavy atom. The van der Waals surface area contributed by atoms with Crippen molar-refractivity contribution >= 4 is 46.0 Å². The summed E-state index contributed by atoms with van der Waals surface area (Å²) in [6.45, 7) is 5.95. The van der Waals surface area contributed by atoms with Gasteiger partial charge in [0.15, 0.2) is 0 Å². The van der Waals surface area contributed by atoms with E-state index in [9.17, 15) is 4.79 Å². The van der Waals surface area contributed by atoms with Crippen molar-refractivity contribution in [3.63, 3.8) is 0 Å². The van der Waals surface area contributed by atoms with E-state index >= 15 is 0 Å². The van der Waals surface area contributed by atoms with Gasteiger partial charge in [-0.3, -0.25) is 4.79 Å². The first-order valence-electron chi connectivity index (χ1n) is 6.94. The number of nitrogens with one attached hydrogen (secondary N) is 2. The smallest absolute Gasteiger partial charge is 0.236 e. The lowest BCUT2D eigenvalue weighted by molar-refractivity contribution is -0.123. The Kier molecular flexibility index (Phi) is 7.54. The number of thioether (sulfide) groups is 1. The molecule has 0 spiro atoms. The Hall–Kier alpha value is -0.230. The Balaban J connectivity index is 0.00000220. The molecule has 1 aromatic carbocycles. The first-order chi connectivity index (χ1) is 9.47. The number of hydrogen-bond donors (Lipinski definition) is 2. The Labute approximate surface area is 145 Å². The summed E-state index contributed by atoms with van der Waals surface area (Å²) >= 11 is 5.03. The van der Waals surface area contributed by atoms with Gasteiger partial charge in [0.1, 0.15) is 0 Å². The second-order valence-electron chi connectivity index (χ2n) is 5.56. The third kappa shape index (κ3) is 5.81. The van der Waals surface area contributed by atoms with Crippen molar-refractivity contribution < 1.29 is 4.79 Å². The van der Waals surface area contributed by atoms with Crippen molar-refractivity contribution in [2.24, 2.45) is 0 Å². The van der Waals surface area contributed by atoms with Gasteiger partial charge in [0, 0.05) is 15.4 Å². The molecular weight excluding hydrogens is 372 g/mol. The van der Waals surface area contributed by atoms with Crippen LogP contribution in [0.1, 0.15) is 26.7 Å². The summed E-state index contributed by atoms with van der Waals surface area (Å²) in [5.74, 6) is 0.123. The molecule has 118 valence electrons. The molecule has 1 amide bonds. The SMILES string of the molecule is CC(C)(Sc1ccc(Br)cc1)C(=O)NC1CCNCC1.Cl. The van der Waals surface area contributed by atoms with Gasteiger partial charge in [-0.1, -0.05) is 15.9 Å². The zero-order chi connectivity index (χ0) is 14.6. The molecule has 1 aliphatic rings. The van der Waals surface area contributed by atoms with Crippen LogP contribution in [0.15, 0.2) is 33.6 Å². The van der Waals surface area contributed by atoms with E-state index in [0.717, 1.165) is 35.3 Å². The molecule has 1 saturated heterocycles. The number of piperidine rings is 1. The van der Waals surface area contributed by atoms with Crippen molar-refractivity contribution in [3.8, 4) is 0 Å². The highest BCUT2D eigenvalue weighted by molar-refractivity contribution is 9.10. The largest absolute Gasteiger partial charge is 0.352 e. The van der Waals surface area contributed by atoms with Gasteiger partial charge < -0.3 is 10.6 Å². The van der Waals surface area contributed by atoms with Crippen LogP contribution in [0.3, 0.4) is 0 Å². The summed E-state index contributed by atoms with van der Waals surface area (Å²) in [6, 6.07) is 8.39. The molecule has 0 aliphatic carbocycles. The van der Waals surface area contributed by atoms with Crippen LogP contribution in [0.4, 0.5) is 0 Å². The zero-order valence-electron chi connectivity index (χ0n) is 12.3. The minimum absolute atomic E-state index is 0. The lowest BCUT2D eigenvalue weighted by atomic mass is 10.1. The zero-order valence-corrected chi connectivity index (χ0v) is 15.5.